The fourth-order valence-electron chi connectivity index (χ4n) is 1.88. The summed E-state index contributed by atoms with van der Waals surface area (Å²) in [5, 5.41) is 2.67. The molecule has 1 aromatic rings. The molecule has 1 aliphatic carbocycles. The number of anilines is 1. The number of hydrogen-bond donors (Lipinski definition) is 0. The van der Waals surface area contributed by atoms with Crippen LogP contribution in [0.15, 0.2) is 5.38 Å². The Morgan fingerprint density at radius 3 is 3.00 bits per heavy atom. The number of rotatable bonds is 5. The van der Waals surface area contributed by atoms with Gasteiger partial charge in [-0.1, -0.05) is 6.42 Å². The number of esters is 1. The van der Waals surface area contributed by atoms with Gasteiger partial charge in [-0.25, -0.2) is 9.78 Å². The summed E-state index contributed by atoms with van der Waals surface area (Å²) in [7, 11) is 2.03. The Balaban J connectivity index is 1.94. The Kier molecular flexibility index (Phi) is 3.99. The van der Waals surface area contributed by atoms with Crippen molar-refractivity contribution in [1.29, 1.82) is 0 Å². The van der Waals surface area contributed by atoms with Gasteiger partial charge in [-0.2, -0.15) is 0 Å². The summed E-state index contributed by atoms with van der Waals surface area (Å²) in [5.74, 6) is 0.474. The molecule has 1 saturated carbocycles. The fraction of sp³-hybridized carbons (Fsp3) is 0.667. The molecule has 1 fully saturated rings. The summed E-state index contributed by atoms with van der Waals surface area (Å²) < 4.78 is 4.92. The quantitative estimate of drug-likeness (QED) is 0.757. The third kappa shape index (κ3) is 2.97. The van der Waals surface area contributed by atoms with Gasteiger partial charge in [-0.05, 0) is 25.7 Å². The zero-order valence-corrected chi connectivity index (χ0v) is 11.1. The number of ether oxygens (including phenoxy) is 1. The average molecular weight is 254 g/mol. The second kappa shape index (κ2) is 5.49. The van der Waals surface area contributed by atoms with Crippen LogP contribution in [0.1, 0.15) is 36.7 Å². The maximum Gasteiger partial charge on any atom is 0.357 e. The molecule has 1 aliphatic rings. The minimum absolute atomic E-state index is 0.327. The predicted octanol–water partition coefficient (Wildman–Crippen LogP) is 2.56. The van der Waals surface area contributed by atoms with Crippen molar-refractivity contribution in [2.45, 2.75) is 26.2 Å². The third-order valence-electron chi connectivity index (χ3n) is 3.06. The third-order valence-corrected chi connectivity index (χ3v) is 4.01. The van der Waals surface area contributed by atoms with E-state index >= 15 is 0 Å². The smallest absolute Gasteiger partial charge is 0.357 e. The van der Waals surface area contributed by atoms with Gasteiger partial charge in [0.15, 0.2) is 10.8 Å². The van der Waals surface area contributed by atoms with Gasteiger partial charge in [-0.3, -0.25) is 0 Å². The second-order valence-electron chi connectivity index (χ2n) is 4.41. The van der Waals surface area contributed by atoms with E-state index in [4.69, 9.17) is 4.74 Å². The van der Waals surface area contributed by atoms with E-state index in [-0.39, 0.29) is 5.97 Å². The Morgan fingerprint density at radius 2 is 2.41 bits per heavy atom. The van der Waals surface area contributed by atoms with E-state index in [0.29, 0.717) is 12.3 Å². The molecule has 1 heterocycles. The van der Waals surface area contributed by atoms with Crippen LogP contribution in [0, 0.1) is 5.92 Å². The van der Waals surface area contributed by atoms with Crippen LogP contribution < -0.4 is 4.90 Å². The summed E-state index contributed by atoms with van der Waals surface area (Å²) in [5.41, 5.74) is 0.423. The topological polar surface area (TPSA) is 42.4 Å². The minimum Gasteiger partial charge on any atom is -0.461 e. The zero-order chi connectivity index (χ0) is 12.3. The van der Waals surface area contributed by atoms with Crippen LogP contribution in [-0.2, 0) is 4.74 Å². The van der Waals surface area contributed by atoms with Crippen molar-refractivity contribution >= 4 is 22.4 Å². The number of thiazole rings is 1. The Hall–Kier alpha value is -1.10. The molecule has 17 heavy (non-hydrogen) atoms. The standard InChI is InChI=1S/C12H18N2O2S/c1-3-16-11(15)10-8-17-12(13-10)14(2)7-9-5-4-6-9/h8-9H,3-7H2,1-2H3. The molecule has 0 aromatic carbocycles. The van der Waals surface area contributed by atoms with Crippen molar-refractivity contribution in [3.63, 3.8) is 0 Å². The maximum atomic E-state index is 11.5. The molecule has 5 heteroatoms. The summed E-state index contributed by atoms with van der Waals surface area (Å²) in [6.45, 7) is 3.23. The van der Waals surface area contributed by atoms with E-state index in [1.54, 1.807) is 12.3 Å². The SMILES string of the molecule is CCOC(=O)c1csc(N(C)CC2CCC2)n1. The first-order valence-electron chi connectivity index (χ1n) is 6.04. The van der Waals surface area contributed by atoms with Gasteiger partial charge in [-0.15, -0.1) is 11.3 Å². The van der Waals surface area contributed by atoms with E-state index in [0.717, 1.165) is 17.6 Å². The predicted molar refractivity (Wildman–Crippen MR) is 68.7 cm³/mol. The first kappa shape index (κ1) is 12.4. The zero-order valence-electron chi connectivity index (χ0n) is 10.3. The lowest BCUT2D eigenvalue weighted by Gasteiger charge is -2.29. The molecule has 0 spiro atoms. The molecular weight excluding hydrogens is 236 g/mol. The number of aromatic nitrogens is 1. The van der Waals surface area contributed by atoms with Crippen LogP contribution >= 0.6 is 11.3 Å². The van der Waals surface area contributed by atoms with Crippen LogP contribution in [-0.4, -0.2) is 31.2 Å². The number of carbonyl (C=O) groups is 1. The first-order valence-corrected chi connectivity index (χ1v) is 6.92. The normalized spacial score (nSPS) is 15.4. The molecular formula is C12H18N2O2S. The Bertz CT molecular complexity index is 388. The number of carbonyl (C=O) groups excluding carboxylic acids is 1. The van der Waals surface area contributed by atoms with Crippen LogP contribution in [0.3, 0.4) is 0 Å². The molecule has 0 atom stereocenters. The highest BCUT2D eigenvalue weighted by Crippen LogP contribution is 2.29. The molecule has 2 rings (SSSR count). The molecule has 0 radical (unpaired) electrons. The molecule has 4 nitrogen and oxygen atoms in total. The highest BCUT2D eigenvalue weighted by Gasteiger charge is 2.21. The number of nitrogens with zero attached hydrogens (tertiary/aromatic N) is 2. The van der Waals surface area contributed by atoms with Crippen molar-refractivity contribution in [2.75, 3.05) is 25.1 Å². The van der Waals surface area contributed by atoms with E-state index < -0.39 is 0 Å². The fourth-order valence-corrected chi connectivity index (χ4v) is 2.65. The average Bonchev–Trinajstić information content (AvgIpc) is 2.72. The molecule has 0 amide bonds. The van der Waals surface area contributed by atoms with Crippen molar-refractivity contribution < 1.29 is 9.53 Å². The Labute approximate surface area is 106 Å². The second-order valence-corrected chi connectivity index (χ2v) is 5.25. The maximum absolute atomic E-state index is 11.5. The van der Waals surface area contributed by atoms with E-state index in [1.165, 1.54) is 30.6 Å². The van der Waals surface area contributed by atoms with E-state index in [2.05, 4.69) is 9.88 Å². The van der Waals surface area contributed by atoms with Gasteiger partial charge in [0, 0.05) is 19.0 Å². The molecule has 0 saturated heterocycles. The van der Waals surface area contributed by atoms with Gasteiger partial charge >= 0.3 is 5.97 Å². The lowest BCUT2D eigenvalue weighted by atomic mass is 9.85. The van der Waals surface area contributed by atoms with Crippen molar-refractivity contribution in [3.8, 4) is 0 Å². The molecule has 94 valence electrons. The first-order chi connectivity index (χ1) is 8.20. The highest BCUT2D eigenvalue weighted by molar-refractivity contribution is 7.13. The summed E-state index contributed by atoms with van der Waals surface area (Å²) >= 11 is 1.50. The summed E-state index contributed by atoms with van der Waals surface area (Å²) in [6.07, 6.45) is 3.99. The van der Waals surface area contributed by atoms with Crippen LogP contribution in [0.5, 0.6) is 0 Å². The molecule has 0 bridgehead atoms. The minimum atomic E-state index is -0.327. The summed E-state index contributed by atoms with van der Waals surface area (Å²) in [4.78, 5) is 17.9. The van der Waals surface area contributed by atoms with Gasteiger partial charge in [0.1, 0.15) is 0 Å². The largest absolute Gasteiger partial charge is 0.461 e. The lowest BCUT2D eigenvalue weighted by molar-refractivity contribution is 0.0520. The lowest BCUT2D eigenvalue weighted by Crippen LogP contribution is -2.29. The van der Waals surface area contributed by atoms with Gasteiger partial charge in [0.25, 0.3) is 0 Å². The van der Waals surface area contributed by atoms with Gasteiger partial charge in [0.05, 0.1) is 6.61 Å². The molecule has 0 aliphatic heterocycles. The van der Waals surface area contributed by atoms with Gasteiger partial charge < -0.3 is 9.64 Å². The number of hydrogen-bond acceptors (Lipinski definition) is 5. The van der Waals surface area contributed by atoms with Crippen LogP contribution in [0.25, 0.3) is 0 Å². The van der Waals surface area contributed by atoms with Crippen molar-refractivity contribution in [2.24, 2.45) is 5.92 Å². The van der Waals surface area contributed by atoms with Crippen molar-refractivity contribution in [3.05, 3.63) is 11.1 Å². The van der Waals surface area contributed by atoms with Crippen LogP contribution in [0.4, 0.5) is 5.13 Å². The van der Waals surface area contributed by atoms with E-state index in [9.17, 15) is 4.79 Å². The molecule has 1 aromatic heterocycles. The monoisotopic (exact) mass is 254 g/mol. The highest BCUT2D eigenvalue weighted by atomic mass is 32.1. The van der Waals surface area contributed by atoms with Crippen LogP contribution in [0.2, 0.25) is 0 Å². The molecule has 0 unspecified atom stereocenters. The van der Waals surface area contributed by atoms with Gasteiger partial charge in [0.2, 0.25) is 0 Å². The van der Waals surface area contributed by atoms with E-state index in [1.807, 2.05) is 7.05 Å². The van der Waals surface area contributed by atoms with Crippen molar-refractivity contribution in [1.82, 2.24) is 4.98 Å². The summed E-state index contributed by atoms with van der Waals surface area (Å²) in [6, 6.07) is 0. The Morgan fingerprint density at radius 1 is 1.65 bits per heavy atom. The molecule has 0 N–H and O–H groups in total.